The summed E-state index contributed by atoms with van der Waals surface area (Å²) in [6.07, 6.45) is 9.19. The average Bonchev–Trinajstić information content (AvgIpc) is 3.65. The van der Waals surface area contributed by atoms with Crippen LogP contribution in [0.15, 0.2) is 36.4 Å². The molecule has 2 aromatic carbocycles. The van der Waals surface area contributed by atoms with Gasteiger partial charge in [0.2, 0.25) is 0 Å². The third-order valence-corrected chi connectivity index (χ3v) is 8.96. The summed E-state index contributed by atoms with van der Waals surface area (Å²) in [7, 11) is 1.53. The molecule has 4 aliphatic rings. The largest absolute Gasteiger partial charge is 0.504 e. The van der Waals surface area contributed by atoms with E-state index < -0.39 is 0 Å². The van der Waals surface area contributed by atoms with Gasteiger partial charge in [-0.05, 0) is 92.7 Å². The number of hydrogen-bond acceptors (Lipinski definition) is 5. The van der Waals surface area contributed by atoms with E-state index in [0.717, 1.165) is 23.8 Å². The third kappa shape index (κ3) is 6.87. The number of halogens is 2. The number of carbonyl (C=O) groups excluding carboxylic acids is 1. The zero-order valence-corrected chi connectivity index (χ0v) is 23.6. The second-order valence-corrected chi connectivity index (χ2v) is 11.9. The molecule has 3 saturated carbocycles. The molecule has 0 bridgehead atoms. The number of hydrogen-bond donors (Lipinski definition) is 5. The van der Waals surface area contributed by atoms with Crippen LogP contribution in [0.2, 0.25) is 10.0 Å². The fraction of sp³-hybridized carbons (Fsp3) is 0.552. The lowest BCUT2D eigenvalue weighted by Gasteiger charge is -2.51. The Morgan fingerprint density at radius 2 is 1.82 bits per heavy atom. The molecule has 0 aromatic heterocycles. The number of aryl methyl sites for hydroxylation is 1. The van der Waals surface area contributed by atoms with Crippen molar-refractivity contribution in [2.45, 2.75) is 63.5 Å². The third-order valence-electron chi connectivity index (χ3n) is 8.22. The Hall–Kier alpha value is -2.19. The van der Waals surface area contributed by atoms with Gasteiger partial charge in [0.25, 0.3) is 0 Å². The van der Waals surface area contributed by atoms with Crippen LogP contribution >= 0.6 is 23.2 Å². The number of nitrogens with one attached hydrogen (secondary N) is 2. The van der Waals surface area contributed by atoms with Crippen molar-refractivity contribution in [1.82, 2.24) is 10.2 Å². The zero-order chi connectivity index (χ0) is 27.4. The van der Waals surface area contributed by atoms with Crippen LogP contribution in [0.1, 0.15) is 50.5 Å². The van der Waals surface area contributed by atoms with E-state index in [0.29, 0.717) is 27.7 Å². The number of rotatable bonds is 3. The zero-order valence-electron chi connectivity index (χ0n) is 22.1. The van der Waals surface area contributed by atoms with Gasteiger partial charge in [-0.2, -0.15) is 0 Å². The average molecular weight is 565 g/mol. The van der Waals surface area contributed by atoms with Crippen molar-refractivity contribution in [2.75, 3.05) is 25.5 Å². The second kappa shape index (κ2) is 12.3. The second-order valence-electron chi connectivity index (χ2n) is 11.1. The smallest absolute Gasteiger partial charge is 0.318 e. The molecular formula is C29H39Cl2N3O4. The highest BCUT2D eigenvalue weighted by Gasteiger charge is 2.61. The van der Waals surface area contributed by atoms with Crippen molar-refractivity contribution >= 4 is 34.9 Å². The predicted molar refractivity (Wildman–Crippen MR) is 152 cm³/mol. The number of phenols is 2. The van der Waals surface area contributed by atoms with Crippen LogP contribution in [-0.4, -0.2) is 58.0 Å². The van der Waals surface area contributed by atoms with E-state index in [1.165, 1.54) is 70.8 Å². The van der Waals surface area contributed by atoms with E-state index in [1.807, 2.05) is 6.92 Å². The van der Waals surface area contributed by atoms with Crippen molar-refractivity contribution in [2.24, 2.45) is 17.8 Å². The van der Waals surface area contributed by atoms with Gasteiger partial charge < -0.3 is 26.0 Å². The number of likely N-dealkylation sites (tertiary alicyclic amines) is 1. The minimum Gasteiger partial charge on any atom is -0.504 e. The predicted octanol–water partition coefficient (Wildman–Crippen LogP) is 6.17. The van der Waals surface area contributed by atoms with E-state index in [-0.39, 0.29) is 23.1 Å². The number of carbonyl (C=O) groups is 1. The molecule has 6 rings (SSSR count). The number of phenolic OH excluding ortho intramolecular Hbond substituents is 2. The van der Waals surface area contributed by atoms with Gasteiger partial charge in [0.05, 0.1) is 15.6 Å². The standard InChI is InChI=1S/C14H23NO.C8H8Cl2N2O.C7H8O2/c16-14-6-2-1-3-12(14)7-11-9-15(13(11)14)8-10-4-5-10;1-11-8(13)12-5-2-3-6(9)7(10)4-5;1-5-2-3-6(8)7(9)4-5/h10-13,16H,1-9H2;2-4H,1H3,(H2,11,12,13);2-4,8-9H,1H3/t11?,12?,13-,14?;;/m1../s1. The molecule has 3 aliphatic carbocycles. The van der Waals surface area contributed by atoms with Crippen LogP contribution in [0.5, 0.6) is 11.5 Å². The summed E-state index contributed by atoms with van der Waals surface area (Å²) < 4.78 is 0. The number of anilines is 1. The van der Waals surface area contributed by atoms with E-state index in [4.69, 9.17) is 33.4 Å². The summed E-state index contributed by atoms with van der Waals surface area (Å²) in [5.74, 6) is 2.33. The summed E-state index contributed by atoms with van der Waals surface area (Å²) in [4.78, 5) is 13.5. The molecule has 0 radical (unpaired) electrons. The van der Waals surface area contributed by atoms with Crippen LogP contribution in [0.4, 0.5) is 10.5 Å². The highest BCUT2D eigenvalue weighted by molar-refractivity contribution is 6.42. The maximum atomic E-state index is 11.0. The Balaban J connectivity index is 0.000000139. The number of aliphatic hydroxyl groups is 1. The quantitative estimate of drug-likeness (QED) is 0.287. The number of nitrogens with zero attached hydrogens (tertiary/aromatic N) is 1. The summed E-state index contributed by atoms with van der Waals surface area (Å²) in [5, 5.41) is 34.5. The van der Waals surface area contributed by atoms with E-state index >= 15 is 0 Å². The van der Waals surface area contributed by atoms with Crippen LogP contribution in [0.25, 0.3) is 0 Å². The highest BCUT2D eigenvalue weighted by atomic mass is 35.5. The normalized spacial score (nSPS) is 27.3. The Kier molecular flexibility index (Phi) is 9.35. The van der Waals surface area contributed by atoms with Crippen molar-refractivity contribution in [3.8, 4) is 11.5 Å². The maximum Gasteiger partial charge on any atom is 0.318 e. The Morgan fingerprint density at radius 1 is 1.05 bits per heavy atom. The summed E-state index contributed by atoms with van der Waals surface area (Å²) in [6, 6.07) is 9.84. The molecule has 3 unspecified atom stereocenters. The van der Waals surface area contributed by atoms with Gasteiger partial charge in [0, 0.05) is 31.9 Å². The molecular weight excluding hydrogens is 525 g/mol. The number of aromatic hydroxyl groups is 2. The van der Waals surface area contributed by atoms with Gasteiger partial charge >= 0.3 is 6.03 Å². The van der Waals surface area contributed by atoms with Gasteiger partial charge in [-0.1, -0.05) is 42.1 Å². The van der Waals surface area contributed by atoms with Crippen molar-refractivity contribution < 1.29 is 20.1 Å². The topological polar surface area (TPSA) is 105 Å². The lowest BCUT2D eigenvalue weighted by Crippen LogP contribution is -2.64. The minimum atomic E-state index is -0.293. The Labute approximate surface area is 235 Å². The van der Waals surface area contributed by atoms with E-state index in [9.17, 15) is 9.90 Å². The maximum absolute atomic E-state index is 11.0. The number of fused-ring (bicyclic) bond motifs is 3. The van der Waals surface area contributed by atoms with Gasteiger partial charge in [0.1, 0.15) is 0 Å². The first-order valence-electron chi connectivity index (χ1n) is 13.5. The Morgan fingerprint density at radius 3 is 2.45 bits per heavy atom. The molecule has 4 fully saturated rings. The molecule has 0 spiro atoms. The molecule has 7 nitrogen and oxygen atoms in total. The number of benzene rings is 2. The van der Waals surface area contributed by atoms with Crippen LogP contribution in [0, 0.1) is 24.7 Å². The summed E-state index contributed by atoms with van der Waals surface area (Å²) >= 11 is 11.4. The fourth-order valence-corrected chi connectivity index (χ4v) is 6.45. The lowest BCUT2D eigenvalue weighted by molar-refractivity contribution is -0.120. The first-order chi connectivity index (χ1) is 18.1. The molecule has 1 aliphatic heterocycles. The highest BCUT2D eigenvalue weighted by Crippen LogP contribution is 2.55. The minimum absolute atomic E-state index is 0.0602. The van der Waals surface area contributed by atoms with Crippen LogP contribution in [0.3, 0.4) is 0 Å². The summed E-state index contributed by atoms with van der Waals surface area (Å²) in [6.45, 7) is 4.43. The molecule has 1 saturated heterocycles. The van der Waals surface area contributed by atoms with Crippen molar-refractivity contribution in [3.63, 3.8) is 0 Å². The molecule has 38 heavy (non-hydrogen) atoms. The van der Waals surface area contributed by atoms with Gasteiger partial charge in [-0.25, -0.2) is 4.79 Å². The molecule has 2 amide bonds. The monoisotopic (exact) mass is 563 g/mol. The van der Waals surface area contributed by atoms with Crippen LogP contribution < -0.4 is 10.6 Å². The SMILES string of the molecule is CNC(=O)Nc1ccc(Cl)c(Cl)c1.Cc1ccc(O)c(O)c1.OC12CCCCC1CC1CN(CC3CC3)[C@H]12. The molecule has 9 heteroatoms. The first kappa shape index (κ1) is 28.8. The molecule has 4 atom stereocenters. The first-order valence-corrected chi connectivity index (χ1v) is 14.2. The van der Waals surface area contributed by atoms with Gasteiger partial charge in [0.15, 0.2) is 11.5 Å². The lowest BCUT2D eigenvalue weighted by atomic mass is 9.74. The molecule has 5 N–H and O–H groups in total. The Bertz CT molecular complexity index is 1130. The molecule has 208 valence electrons. The van der Waals surface area contributed by atoms with E-state index in [1.54, 1.807) is 24.3 Å². The fourth-order valence-electron chi connectivity index (χ4n) is 6.15. The van der Waals surface area contributed by atoms with E-state index in [2.05, 4.69) is 15.5 Å². The molecule has 1 heterocycles. The number of urea groups is 1. The number of amides is 2. The van der Waals surface area contributed by atoms with Gasteiger partial charge in [-0.15, -0.1) is 0 Å². The van der Waals surface area contributed by atoms with Crippen LogP contribution in [-0.2, 0) is 0 Å². The van der Waals surface area contributed by atoms with Crippen molar-refractivity contribution in [1.29, 1.82) is 0 Å². The van der Waals surface area contributed by atoms with Gasteiger partial charge in [-0.3, -0.25) is 4.90 Å². The summed E-state index contributed by atoms with van der Waals surface area (Å²) in [5.41, 5.74) is 1.26. The molecule has 2 aromatic rings. The van der Waals surface area contributed by atoms with Crippen molar-refractivity contribution in [3.05, 3.63) is 52.0 Å².